The van der Waals surface area contributed by atoms with Crippen LogP contribution in [0.2, 0.25) is 0 Å². The fourth-order valence-corrected chi connectivity index (χ4v) is 3.06. The molecule has 58 valence electrons. The van der Waals surface area contributed by atoms with Crippen LogP contribution >= 0.6 is 0 Å². The van der Waals surface area contributed by atoms with E-state index < -0.39 is 0 Å². The Morgan fingerprint density at radius 2 is 2.00 bits per heavy atom. The molecule has 0 spiro atoms. The molecule has 0 radical (unpaired) electrons. The van der Waals surface area contributed by atoms with E-state index in [-0.39, 0.29) is 0 Å². The third kappa shape index (κ3) is 0.731. The lowest BCUT2D eigenvalue weighted by molar-refractivity contribution is 0.281. The molecule has 2 rings (SSSR count). The highest BCUT2D eigenvalue weighted by Crippen LogP contribution is 2.48. The van der Waals surface area contributed by atoms with Gasteiger partial charge in [-0.2, -0.15) is 0 Å². The maximum absolute atomic E-state index is 6.07. The minimum atomic E-state index is 0.559. The van der Waals surface area contributed by atoms with Crippen molar-refractivity contribution in [3.05, 3.63) is 0 Å². The molecule has 2 N–H and O–H groups in total. The molecule has 0 amide bonds. The van der Waals surface area contributed by atoms with Gasteiger partial charge in [0.2, 0.25) is 0 Å². The van der Waals surface area contributed by atoms with Gasteiger partial charge in [0, 0.05) is 6.04 Å². The van der Waals surface area contributed by atoms with Crippen molar-refractivity contribution in [1.29, 1.82) is 0 Å². The average Bonchev–Trinajstić information content (AvgIpc) is 2.46. The molecule has 1 nitrogen and oxygen atoms in total. The number of fused-ring (bicyclic) bond motifs is 2. The van der Waals surface area contributed by atoms with Crippen LogP contribution in [0.25, 0.3) is 0 Å². The molecule has 2 fully saturated rings. The quantitative estimate of drug-likeness (QED) is 0.588. The smallest absolute Gasteiger partial charge is 0.00982 e. The van der Waals surface area contributed by atoms with E-state index in [1.54, 1.807) is 0 Å². The highest BCUT2D eigenvalue weighted by molar-refractivity contribution is 4.98. The summed E-state index contributed by atoms with van der Waals surface area (Å²) in [5, 5.41) is 0. The van der Waals surface area contributed by atoms with Crippen LogP contribution in [0.1, 0.15) is 32.6 Å². The van der Waals surface area contributed by atoms with Crippen LogP contribution < -0.4 is 5.73 Å². The van der Waals surface area contributed by atoms with Crippen LogP contribution in [0.15, 0.2) is 0 Å². The lowest BCUT2D eigenvalue weighted by Gasteiger charge is -2.26. The third-order valence-corrected chi connectivity index (χ3v) is 3.63. The van der Waals surface area contributed by atoms with E-state index >= 15 is 0 Å². The number of hydrogen-bond acceptors (Lipinski definition) is 1. The summed E-state index contributed by atoms with van der Waals surface area (Å²) < 4.78 is 0. The second kappa shape index (κ2) is 2.23. The van der Waals surface area contributed by atoms with Gasteiger partial charge in [-0.25, -0.2) is 0 Å². The van der Waals surface area contributed by atoms with Gasteiger partial charge in [0.05, 0.1) is 0 Å². The zero-order chi connectivity index (χ0) is 7.14. The normalized spacial score (nSPS) is 52.2. The lowest BCUT2D eigenvalue weighted by Crippen LogP contribution is -2.35. The van der Waals surface area contributed by atoms with Crippen molar-refractivity contribution in [1.82, 2.24) is 0 Å². The van der Waals surface area contributed by atoms with Gasteiger partial charge in [0.1, 0.15) is 0 Å². The Morgan fingerprint density at radius 1 is 1.30 bits per heavy atom. The third-order valence-electron chi connectivity index (χ3n) is 3.63. The van der Waals surface area contributed by atoms with Crippen LogP contribution in [0.3, 0.4) is 0 Å². The minimum Gasteiger partial charge on any atom is -0.327 e. The van der Waals surface area contributed by atoms with E-state index in [0.29, 0.717) is 6.04 Å². The van der Waals surface area contributed by atoms with Crippen LogP contribution in [-0.4, -0.2) is 6.04 Å². The molecule has 0 aromatic heterocycles. The molecule has 0 unspecified atom stereocenters. The highest BCUT2D eigenvalue weighted by atomic mass is 14.7. The average molecular weight is 139 g/mol. The van der Waals surface area contributed by atoms with Gasteiger partial charge in [0.15, 0.2) is 0 Å². The molecule has 4 atom stereocenters. The summed E-state index contributed by atoms with van der Waals surface area (Å²) in [7, 11) is 0. The zero-order valence-corrected chi connectivity index (χ0v) is 6.72. The predicted molar refractivity (Wildman–Crippen MR) is 42.6 cm³/mol. The first kappa shape index (κ1) is 6.66. The molecular formula is C9H17N. The zero-order valence-electron chi connectivity index (χ0n) is 6.72. The van der Waals surface area contributed by atoms with Crippen molar-refractivity contribution in [2.45, 2.75) is 38.6 Å². The standard InChI is InChI=1S/C9H17N/c1-2-8-6-3-4-7(5-6)9(8)10/h6-9H,2-5,10H2,1H3/t6-,7+,8-,9-/m1/s1. The second-order valence-corrected chi connectivity index (χ2v) is 3.98. The predicted octanol–water partition coefficient (Wildman–Crippen LogP) is 1.77. The maximum atomic E-state index is 6.07. The molecule has 2 aliphatic carbocycles. The Hall–Kier alpha value is -0.0400. The van der Waals surface area contributed by atoms with E-state index in [4.69, 9.17) is 5.73 Å². The van der Waals surface area contributed by atoms with E-state index in [0.717, 1.165) is 17.8 Å². The van der Waals surface area contributed by atoms with Crippen LogP contribution in [0.5, 0.6) is 0 Å². The summed E-state index contributed by atoms with van der Waals surface area (Å²) in [5.41, 5.74) is 6.07. The fourth-order valence-electron chi connectivity index (χ4n) is 3.06. The highest BCUT2D eigenvalue weighted by Gasteiger charge is 2.44. The SMILES string of the molecule is CC[C@@H]1[C@@H]2CC[C@@H](C2)[C@H]1N. The number of rotatable bonds is 1. The maximum Gasteiger partial charge on any atom is 0.00982 e. The van der Waals surface area contributed by atoms with Crippen molar-refractivity contribution in [2.75, 3.05) is 0 Å². The van der Waals surface area contributed by atoms with Gasteiger partial charge in [0.25, 0.3) is 0 Å². The van der Waals surface area contributed by atoms with Crippen molar-refractivity contribution >= 4 is 0 Å². The number of hydrogen-bond donors (Lipinski definition) is 1. The van der Waals surface area contributed by atoms with Gasteiger partial charge in [-0.15, -0.1) is 0 Å². The molecule has 0 aliphatic heterocycles. The molecule has 1 heteroatoms. The minimum absolute atomic E-state index is 0.559. The van der Waals surface area contributed by atoms with Gasteiger partial charge in [-0.05, 0) is 37.0 Å². The van der Waals surface area contributed by atoms with Crippen molar-refractivity contribution < 1.29 is 0 Å². The van der Waals surface area contributed by atoms with E-state index in [1.807, 2.05) is 0 Å². The van der Waals surface area contributed by atoms with Gasteiger partial charge in [-0.1, -0.05) is 13.3 Å². The Bertz CT molecular complexity index is 131. The molecular weight excluding hydrogens is 122 g/mol. The molecule has 2 saturated carbocycles. The van der Waals surface area contributed by atoms with E-state index in [1.165, 1.54) is 25.7 Å². The largest absolute Gasteiger partial charge is 0.327 e. The Kier molecular flexibility index (Phi) is 1.48. The van der Waals surface area contributed by atoms with E-state index in [9.17, 15) is 0 Å². The molecule has 0 aromatic carbocycles. The topological polar surface area (TPSA) is 26.0 Å². The first-order valence-electron chi connectivity index (χ1n) is 4.58. The van der Waals surface area contributed by atoms with Gasteiger partial charge < -0.3 is 5.73 Å². The summed E-state index contributed by atoms with van der Waals surface area (Å²) in [6.07, 6.45) is 5.64. The van der Waals surface area contributed by atoms with Crippen molar-refractivity contribution in [3.63, 3.8) is 0 Å². The Morgan fingerprint density at radius 3 is 2.40 bits per heavy atom. The van der Waals surface area contributed by atoms with Crippen molar-refractivity contribution in [2.24, 2.45) is 23.5 Å². The lowest BCUT2D eigenvalue weighted by atomic mass is 9.83. The van der Waals surface area contributed by atoms with Gasteiger partial charge >= 0.3 is 0 Å². The summed E-state index contributed by atoms with van der Waals surface area (Å²) in [5.74, 6) is 2.78. The summed E-state index contributed by atoms with van der Waals surface area (Å²) in [6, 6.07) is 0.559. The second-order valence-electron chi connectivity index (χ2n) is 3.98. The van der Waals surface area contributed by atoms with Crippen LogP contribution in [0, 0.1) is 17.8 Å². The van der Waals surface area contributed by atoms with Gasteiger partial charge in [-0.3, -0.25) is 0 Å². The monoisotopic (exact) mass is 139 g/mol. The molecule has 0 aromatic rings. The van der Waals surface area contributed by atoms with Crippen LogP contribution in [0.4, 0.5) is 0 Å². The fraction of sp³-hybridized carbons (Fsp3) is 1.00. The van der Waals surface area contributed by atoms with Crippen LogP contribution in [-0.2, 0) is 0 Å². The number of nitrogens with two attached hydrogens (primary N) is 1. The van der Waals surface area contributed by atoms with E-state index in [2.05, 4.69) is 6.92 Å². The molecule has 0 heterocycles. The summed E-state index contributed by atoms with van der Waals surface area (Å²) in [6.45, 7) is 2.28. The summed E-state index contributed by atoms with van der Waals surface area (Å²) in [4.78, 5) is 0. The summed E-state index contributed by atoms with van der Waals surface area (Å²) >= 11 is 0. The molecule has 10 heavy (non-hydrogen) atoms. The first-order chi connectivity index (χ1) is 4.83. The Labute approximate surface area is 63.0 Å². The molecule has 2 bridgehead atoms. The molecule has 2 aliphatic rings. The first-order valence-corrected chi connectivity index (χ1v) is 4.58. The van der Waals surface area contributed by atoms with Crippen molar-refractivity contribution in [3.8, 4) is 0 Å². The molecule has 0 saturated heterocycles. The Balaban J connectivity index is 2.10.